The van der Waals surface area contributed by atoms with Crippen molar-refractivity contribution in [2.45, 2.75) is 33.0 Å². The molecule has 2 rings (SSSR count). The third kappa shape index (κ3) is 4.63. The minimum Gasteiger partial charge on any atom is -0.352 e. The van der Waals surface area contributed by atoms with Crippen LogP contribution in [0.3, 0.4) is 0 Å². The van der Waals surface area contributed by atoms with E-state index < -0.39 is 0 Å². The zero-order chi connectivity index (χ0) is 13.5. The summed E-state index contributed by atoms with van der Waals surface area (Å²) >= 11 is 0. The van der Waals surface area contributed by atoms with Gasteiger partial charge < -0.3 is 10.6 Å². The summed E-state index contributed by atoms with van der Waals surface area (Å²) in [5.41, 5.74) is 2.24. The van der Waals surface area contributed by atoms with Gasteiger partial charge >= 0.3 is 0 Å². The van der Waals surface area contributed by atoms with E-state index in [0.29, 0.717) is 12.0 Å². The van der Waals surface area contributed by atoms with Crippen molar-refractivity contribution in [3.05, 3.63) is 48.0 Å². The van der Waals surface area contributed by atoms with Crippen LogP contribution in [0.15, 0.2) is 36.9 Å². The average molecular weight is 257 g/mol. The molecule has 0 aliphatic rings. The number of hydrogen-bond acceptors (Lipinski definition) is 5. The van der Waals surface area contributed by atoms with Gasteiger partial charge in [0.2, 0.25) is 5.95 Å². The fourth-order valence-corrected chi connectivity index (χ4v) is 1.63. The van der Waals surface area contributed by atoms with E-state index in [2.05, 4.69) is 39.4 Å². The summed E-state index contributed by atoms with van der Waals surface area (Å²) in [5, 5.41) is 6.50. The lowest BCUT2D eigenvalue weighted by Gasteiger charge is -2.08. The van der Waals surface area contributed by atoms with Gasteiger partial charge in [-0.3, -0.25) is 4.98 Å². The molecule has 0 saturated heterocycles. The maximum absolute atomic E-state index is 4.27. The van der Waals surface area contributed by atoms with Crippen LogP contribution in [-0.4, -0.2) is 21.0 Å². The van der Waals surface area contributed by atoms with Crippen LogP contribution in [0.25, 0.3) is 0 Å². The Kier molecular flexibility index (Phi) is 4.80. The van der Waals surface area contributed by atoms with Crippen molar-refractivity contribution < 1.29 is 0 Å². The molecule has 0 radical (unpaired) electrons. The van der Waals surface area contributed by atoms with Crippen LogP contribution in [0.2, 0.25) is 0 Å². The molecule has 5 nitrogen and oxygen atoms in total. The minimum atomic E-state index is 0.342. The summed E-state index contributed by atoms with van der Waals surface area (Å²) in [5.74, 6) is 0.672. The van der Waals surface area contributed by atoms with Crippen LogP contribution in [0.4, 0.5) is 5.95 Å². The quantitative estimate of drug-likeness (QED) is 0.828. The van der Waals surface area contributed by atoms with E-state index in [1.807, 2.05) is 30.7 Å². The summed E-state index contributed by atoms with van der Waals surface area (Å²) in [6.45, 7) is 5.66. The fraction of sp³-hybridized carbons (Fsp3) is 0.357. The van der Waals surface area contributed by atoms with Crippen LogP contribution in [0.5, 0.6) is 0 Å². The molecule has 2 N–H and O–H groups in total. The molecule has 0 aromatic carbocycles. The highest BCUT2D eigenvalue weighted by Crippen LogP contribution is 2.02. The Balaban J connectivity index is 1.80. The number of nitrogens with zero attached hydrogens (tertiary/aromatic N) is 3. The van der Waals surface area contributed by atoms with Gasteiger partial charge in [-0.1, -0.05) is 6.07 Å². The largest absolute Gasteiger partial charge is 0.352 e. The van der Waals surface area contributed by atoms with Crippen LogP contribution in [0, 0.1) is 0 Å². The molecule has 5 heteroatoms. The van der Waals surface area contributed by atoms with E-state index in [1.165, 1.54) is 5.56 Å². The molecule has 100 valence electrons. The summed E-state index contributed by atoms with van der Waals surface area (Å²) in [7, 11) is 0. The van der Waals surface area contributed by atoms with E-state index in [9.17, 15) is 0 Å². The summed E-state index contributed by atoms with van der Waals surface area (Å²) in [4.78, 5) is 12.6. The van der Waals surface area contributed by atoms with Crippen LogP contribution in [-0.2, 0) is 13.1 Å². The topological polar surface area (TPSA) is 62.7 Å². The molecule has 0 unspecified atom stereocenters. The molecule has 2 heterocycles. The van der Waals surface area contributed by atoms with E-state index in [1.54, 1.807) is 6.20 Å². The smallest absolute Gasteiger partial charge is 0.222 e. The lowest BCUT2D eigenvalue weighted by atomic mass is 10.3. The maximum Gasteiger partial charge on any atom is 0.222 e. The molecule has 0 fully saturated rings. The first-order valence-electron chi connectivity index (χ1n) is 6.41. The van der Waals surface area contributed by atoms with Gasteiger partial charge in [-0.25, -0.2) is 9.97 Å². The number of rotatable bonds is 6. The minimum absolute atomic E-state index is 0.342. The zero-order valence-electron chi connectivity index (χ0n) is 11.3. The molecule has 0 aliphatic heterocycles. The van der Waals surface area contributed by atoms with Crippen LogP contribution >= 0.6 is 0 Å². The van der Waals surface area contributed by atoms with E-state index >= 15 is 0 Å². The number of pyridine rings is 1. The van der Waals surface area contributed by atoms with E-state index in [0.717, 1.165) is 18.7 Å². The van der Waals surface area contributed by atoms with Gasteiger partial charge in [0.15, 0.2) is 0 Å². The Morgan fingerprint density at radius 2 is 1.79 bits per heavy atom. The van der Waals surface area contributed by atoms with Gasteiger partial charge in [-0.15, -0.1) is 0 Å². The van der Waals surface area contributed by atoms with Gasteiger partial charge in [-0.05, 0) is 25.5 Å². The Labute approximate surface area is 113 Å². The highest BCUT2D eigenvalue weighted by molar-refractivity contribution is 5.25. The van der Waals surface area contributed by atoms with Gasteiger partial charge in [-0.2, -0.15) is 0 Å². The normalized spacial score (nSPS) is 10.7. The molecule has 2 aromatic rings. The second kappa shape index (κ2) is 6.80. The first-order chi connectivity index (χ1) is 9.24. The molecule has 0 aliphatic carbocycles. The highest BCUT2D eigenvalue weighted by Gasteiger charge is 1.99. The van der Waals surface area contributed by atoms with Crippen molar-refractivity contribution in [2.24, 2.45) is 0 Å². The zero-order valence-corrected chi connectivity index (χ0v) is 11.3. The molecule has 19 heavy (non-hydrogen) atoms. The molecule has 0 saturated carbocycles. The van der Waals surface area contributed by atoms with E-state index in [-0.39, 0.29) is 0 Å². The standard InChI is InChI=1S/C14H19N5/c1-11(2)19-14-17-9-13(10-18-14)8-16-7-12-4-3-5-15-6-12/h3-6,9-11,16H,7-8H2,1-2H3,(H,17,18,19). The Morgan fingerprint density at radius 3 is 2.42 bits per heavy atom. The molecule has 0 amide bonds. The second-order valence-corrected chi connectivity index (χ2v) is 4.68. The van der Waals surface area contributed by atoms with Gasteiger partial charge in [0.1, 0.15) is 0 Å². The fourth-order valence-electron chi connectivity index (χ4n) is 1.63. The molecule has 2 aromatic heterocycles. The molecule has 0 bridgehead atoms. The predicted molar refractivity (Wildman–Crippen MR) is 75.6 cm³/mol. The average Bonchev–Trinajstić information content (AvgIpc) is 2.41. The third-order valence-electron chi connectivity index (χ3n) is 2.50. The Bertz CT molecular complexity index is 481. The van der Waals surface area contributed by atoms with Crippen molar-refractivity contribution in [3.63, 3.8) is 0 Å². The van der Waals surface area contributed by atoms with Crippen LogP contribution < -0.4 is 10.6 Å². The predicted octanol–water partition coefficient (Wildman–Crippen LogP) is 1.98. The molecular weight excluding hydrogens is 238 g/mol. The lowest BCUT2D eigenvalue weighted by molar-refractivity contribution is 0.686. The summed E-state index contributed by atoms with van der Waals surface area (Å²) in [6, 6.07) is 4.33. The Hall–Kier alpha value is -2.01. The van der Waals surface area contributed by atoms with E-state index in [4.69, 9.17) is 0 Å². The molecule has 0 atom stereocenters. The number of anilines is 1. The van der Waals surface area contributed by atoms with Crippen molar-refractivity contribution in [3.8, 4) is 0 Å². The van der Waals surface area contributed by atoms with Gasteiger partial charge in [0.25, 0.3) is 0 Å². The number of nitrogens with one attached hydrogen (secondary N) is 2. The molecular formula is C14H19N5. The SMILES string of the molecule is CC(C)Nc1ncc(CNCc2cccnc2)cn1. The molecule has 0 spiro atoms. The number of aromatic nitrogens is 3. The van der Waals surface area contributed by atoms with Crippen LogP contribution in [0.1, 0.15) is 25.0 Å². The first-order valence-corrected chi connectivity index (χ1v) is 6.41. The van der Waals surface area contributed by atoms with Crippen molar-refractivity contribution in [1.82, 2.24) is 20.3 Å². The maximum atomic E-state index is 4.27. The third-order valence-corrected chi connectivity index (χ3v) is 2.50. The highest BCUT2D eigenvalue weighted by atomic mass is 15.1. The summed E-state index contributed by atoms with van der Waals surface area (Å²) < 4.78 is 0. The van der Waals surface area contributed by atoms with Gasteiger partial charge in [0.05, 0.1) is 0 Å². The second-order valence-electron chi connectivity index (χ2n) is 4.68. The first kappa shape index (κ1) is 13.4. The van der Waals surface area contributed by atoms with Crippen molar-refractivity contribution in [1.29, 1.82) is 0 Å². The van der Waals surface area contributed by atoms with Gasteiger partial charge in [0, 0.05) is 49.5 Å². The summed E-state index contributed by atoms with van der Waals surface area (Å²) in [6.07, 6.45) is 7.32. The van der Waals surface area contributed by atoms with Crippen molar-refractivity contribution >= 4 is 5.95 Å². The lowest BCUT2D eigenvalue weighted by Crippen LogP contribution is -2.15. The monoisotopic (exact) mass is 257 g/mol. The number of hydrogen-bond donors (Lipinski definition) is 2. The van der Waals surface area contributed by atoms with Crippen molar-refractivity contribution in [2.75, 3.05) is 5.32 Å². The Morgan fingerprint density at radius 1 is 1.05 bits per heavy atom.